The van der Waals surface area contributed by atoms with Gasteiger partial charge in [0.1, 0.15) is 6.61 Å². The molecule has 1 aliphatic heterocycles. The molecular weight excluding hydrogens is 517 g/mol. The summed E-state index contributed by atoms with van der Waals surface area (Å²) in [7, 11) is -3.91. The van der Waals surface area contributed by atoms with Gasteiger partial charge in [-0.2, -0.15) is 17.5 Å². The first-order chi connectivity index (χ1) is 17.1. The van der Waals surface area contributed by atoms with Gasteiger partial charge in [-0.3, -0.25) is 0 Å². The molecule has 1 saturated heterocycles. The van der Waals surface area contributed by atoms with Crippen molar-refractivity contribution in [2.45, 2.75) is 17.7 Å². The molecule has 0 spiro atoms. The lowest BCUT2D eigenvalue weighted by Gasteiger charge is -2.35. The number of hydrogen-bond acceptors (Lipinski definition) is 5. The van der Waals surface area contributed by atoms with Gasteiger partial charge < -0.3 is 9.64 Å². The smallest absolute Gasteiger partial charge is 0.416 e. The van der Waals surface area contributed by atoms with E-state index in [2.05, 4.69) is 4.90 Å². The van der Waals surface area contributed by atoms with E-state index in [4.69, 9.17) is 16.3 Å². The number of hydrogen-bond donors (Lipinski definition) is 0. The summed E-state index contributed by atoms with van der Waals surface area (Å²) in [6.07, 6.45) is -4.53. The molecular formula is C25H22ClF3N2O4S. The summed E-state index contributed by atoms with van der Waals surface area (Å²) in [5.41, 5.74) is 0.0865. The average Bonchev–Trinajstić information content (AvgIpc) is 2.87. The molecule has 36 heavy (non-hydrogen) atoms. The Bertz CT molecular complexity index is 1340. The summed E-state index contributed by atoms with van der Waals surface area (Å²) in [5, 5.41) is -0.0307. The molecule has 4 rings (SSSR count). The average molecular weight is 539 g/mol. The van der Waals surface area contributed by atoms with Crippen LogP contribution in [-0.2, 0) is 27.5 Å². The fourth-order valence-corrected chi connectivity index (χ4v) is 5.50. The number of alkyl halides is 3. The number of ether oxygens (including phenoxy) is 1. The highest BCUT2D eigenvalue weighted by Crippen LogP contribution is 2.30. The van der Waals surface area contributed by atoms with Gasteiger partial charge in [0.25, 0.3) is 0 Å². The highest BCUT2D eigenvalue weighted by Gasteiger charge is 2.31. The largest absolute Gasteiger partial charge is 0.457 e. The zero-order valence-corrected chi connectivity index (χ0v) is 20.5. The van der Waals surface area contributed by atoms with Gasteiger partial charge in [0.15, 0.2) is 0 Å². The number of halogens is 4. The molecule has 0 aliphatic carbocycles. The van der Waals surface area contributed by atoms with Crippen LogP contribution in [0.3, 0.4) is 0 Å². The maximum atomic E-state index is 13.2. The predicted octanol–water partition coefficient (Wildman–Crippen LogP) is 5.23. The minimum atomic E-state index is -4.53. The quantitative estimate of drug-likeness (QED) is 0.402. The molecule has 3 aromatic carbocycles. The Morgan fingerprint density at radius 2 is 1.61 bits per heavy atom. The molecule has 190 valence electrons. The monoisotopic (exact) mass is 538 g/mol. The van der Waals surface area contributed by atoms with Gasteiger partial charge in [-0.15, -0.1) is 0 Å². The molecule has 1 fully saturated rings. The second-order valence-corrected chi connectivity index (χ2v) is 10.5. The van der Waals surface area contributed by atoms with Crippen molar-refractivity contribution in [3.63, 3.8) is 0 Å². The molecule has 0 saturated carbocycles. The van der Waals surface area contributed by atoms with Crippen molar-refractivity contribution in [2.75, 3.05) is 31.1 Å². The lowest BCUT2D eigenvalue weighted by molar-refractivity contribution is -0.137. The lowest BCUT2D eigenvalue weighted by Crippen LogP contribution is -2.48. The first-order valence-corrected chi connectivity index (χ1v) is 12.8. The van der Waals surface area contributed by atoms with Gasteiger partial charge >= 0.3 is 12.1 Å². The molecule has 0 atom stereocenters. The maximum Gasteiger partial charge on any atom is 0.416 e. The van der Waals surface area contributed by atoms with Crippen LogP contribution in [0.25, 0.3) is 0 Å². The SMILES string of the molecule is O=C(OCc1cccc(C(F)(F)F)c1)c1cc(S(=O)(=O)N2CCN(c3ccccc3)CC2)ccc1Cl. The van der Waals surface area contributed by atoms with Crippen molar-refractivity contribution >= 4 is 33.3 Å². The minimum Gasteiger partial charge on any atom is -0.457 e. The Hall–Kier alpha value is -3.08. The van der Waals surface area contributed by atoms with Gasteiger partial charge in [0, 0.05) is 31.9 Å². The van der Waals surface area contributed by atoms with Crippen LogP contribution in [0, 0.1) is 0 Å². The summed E-state index contributed by atoms with van der Waals surface area (Å²) >= 11 is 6.12. The van der Waals surface area contributed by atoms with E-state index in [1.54, 1.807) is 0 Å². The maximum absolute atomic E-state index is 13.2. The molecule has 11 heteroatoms. The first-order valence-electron chi connectivity index (χ1n) is 11.0. The predicted molar refractivity (Wildman–Crippen MR) is 129 cm³/mol. The number of nitrogens with zero attached hydrogens (tertiary/aromatic N) is 2. The van der Waals surface area contributed by atoms with Gasteiger partial charge in [-0.1, -0.05) is 41.9 Å². The van der Waals surface area contributed by atoms with E-state index in [0.29, 0.717) is 13.1 Å². The number of carbonyl (C=O) groups is 1. The molecule has 6 nitrogen and oxygen atoms in total. The van der Waals surface area contributed by atoms with Crippen LogP contribution in [0.15, 0.2) is 77.7 Å². The highest BCUT2D eigenvalue weighted by molar-refractivity contribution is 7.89. The third-order valence-corrected chi connectivity index (χ3v) is 8.00. The number of sulfonamides is 1. The summed E-state index contributed by atoms with van der Waals surface area (Å²) in [4.78, 5) is 14.6. The van der Waals surface area contributed by atoms with E-state index in [-0.39, 0.29) is 34.1 Å². The Labute approximate surface area is 211 Å². The molecule has 1 aliphatic rings. The van der Waals surface area contributed by atoms with E-state index in [1.807, 2.05) is 30.3 Å². The fourth-order valence-electron chi connectivity index (χ4n) is 3.86. The Kier molecular flexibility index (Phi) is 7.58. The Balaban J connectivity index is 1.45. The van der Waals surface area contributed by atoms with Gasteiger partial charge in [0.2, 0.25) is 10.0 Å². The molecule has 0 N–H and O–H groups in total. The van der Waals surface area contributed by atoms with Crippen LogP contribution in [-0.4, -0.2) is 44.9 Å². The number of anilines is 1. The lowest BCUT2D eigenvalue weighted by atomic mass is 10.1. The second-order valence-electron chi connectivity index (χ2n) is 8.14. The molecule has 3 aromatic rings. The van der Waals surface area contributed by atoms with Crippen molar-refractivity contribution in [3.05, 3.63) is 94.5 Å². The van der Waals surface area contributed by atoms with Crippen LogP contribution in [0.4, 0.5) is 18.9 Å². The van der Waals surface area contributed by atoms with Crippen molar-refractivity contribution < 1.29 is 31.1 Å². The summed E-state index contributed by atoms with van der Waals surface area (Å²) in [5.74, 6) is -0.941. The highest BCUT2D eigenvalue weighted by atomic mass is 35.5. The van der Waals surface area contributed by atoms with Crippen molar-refractivity contribution in [2.24, 2.45) is 0 Å². The van der Waals surface area contributed by atoms with E-state index >= 15 is 0 Å². The summed E-state index contributed by atoms with van der Waals surface area (Å²) in [6.45, 7) is 1.09. The van der Waals surface area contributed by atoms with Crippen LogP contribution in [0.2, 0.25) is 5.02 Å². The molecule has 0 unspecified atom stereocenters. The molecule has 0 aromatic heterocycles. The van der Waals surface area contributed by atoms with Gasteiger partial charge in [0.05, 0.1) is 21.0 Å². The second kappa shape index (κ2) is 10.5. The standard InChI is InChI=1S/C25H22ClF3N2O4S/c26-23-10-9-21(36(33,34)31-13-11-30(12-14-31)20-7-2-1-3-8-20)16-22(23)24(32)35-17-18-5-4-6-19(15-18)25(27,28)29/h1-10,15-16H,11-14,17H2. The fraction of sp³-hybridized carbons (Fsp3) is 0.240. The van der Waals surface area contributed by atoms with Gasteiger partial charge in [-0.05, 0) is 48.0 Å². The molecule has 0 amide bonds. The van der Waals surface area contributed by atoms with E-state index in [1.165, 1.54) is 28.6 Å². The van der Waals surface area contributed by atoms with Crippen LogP contribution < -0.4 is 4.90 Å². The molecule has 0 radical (unpaired) electrons. The first kappa shape index (κ1) is 26.0. The number of carbonyl (C=O) groups excluding carboxylic acids is 1. The zero-order chi connectivity index (χ0) is 25.9. The summed E-state index contributed by atoms with van der Waals surface area (Å²) in [6, 6.07) is 17.8. The van der Waals surface area contributed by atoms with Crippen LogP contribution in [0.5, 0.6) is 0 Å². The van der Waals surface area contributed by atoms with Crippen molar-refractivity contribution in [1.29, 1.82) is 0 Å². The van der Waals surface area contributed by atoms with Crippen LogP contribution in [0.1, 0.15) is 21.5 Å². The third-order valence-electron chi connectivity index (χ3n) is 5.78. The number of rotatable bonds is 6. The number of para-hydroxylation sites is 1. The summed E-state index contributed by atoms with van der Waals surface area (Å²) < 4.78 is 71.7. The normalized spacial score (nSPS) is 15.1. The van der Waals surface area contributed by atoms with E-state index < -0.39 is 34.3 Å². The van der Waals surface area contributed by atoms with Crippen molar-refractivity contribution in [3.8, 4) is 0 Å². The molecule has 0 bridgehead atoms. The van der Waals surface area contributed by atoms with E-state index in [9.17, 15) is 26.4 Å². The molecule has 1 heterocycles. The Morgan fingerprint density at radius 1 is 0.917 bits per heavy atom. The number of benzene rings is 3. The number of esters is 1. The number of piperazine rings is 1. The van der Waals surface area contributed by atoms with Crippen LogP contribution >= 0.6 is 11.6 Å². The third kappa shape index (κ3) is 5.83. The van der Waals surface area contributed by atoms with Crippen molar-refractivity contribution in [1.82, 2.24) is 4.31 Å². The van der Waals surface area contributed by atoms with Gasteiger partial charge in [-0.25, -0.2) is 13.2 Å². The van der Waals surface area contributed by atoms with E-state index in [0.717, 1.165) is 23.9 Å². The Morgan fingerprint density at radius 3 is 2.28 bits per heavy atom. The zero-order valence-electron chi connectivity index (χ0n) is 18.9. The minimum absolute atomic E-state index is 0.0307. The topological polar surface area (TPSA) is 66.9 Å².